The van der Waals surface area contributed by atoms with E-state index in [1.54, 1.807) is 0 Å². The van der Waals surface area contributed by atoms with Gasteiger partial charge >= 0.3 is 5.97 Å². The molecular formula is C14H18ClNO3. The Morgan fingerprint density at radius 3 is 2.05 bits per heavy atom. The summed E-state index contributed by atoms with van der Waals surface area (Å²) in [4.78, 5) is 22.7. The Bertz CT molecular complexity index is 451. The highest BCUT2D eigenvalue weighted by Crippen LogP contribution is 2.30. The Morgan fingerprint density at radius 2 is 1.74 bits per heavy atom. The van der Waals surface area contributed by atoms with Crippen LogP contribution in [0.2, 0.25) is 0 Å². The lowest BCUT2D eigenvalue weighted by atomic mass is 10.0. The van der Waals surface area contributed by atoms with Crippen molar-refractivity contribution in [3.05, 3.63) is 29.3 Å². The third-order valence-corrected chi connectivity index (χ3v) is 3.39. The first-order valence-corrected chi connectivity index (χ1v) is 6.56. The molecule has 0 aliphatic rings. The summed E-state index contributed by atoms with van der Waals surface area (Å²) in [5, 5.41) is 9.16. The Balaban J connectivity index is 3.34. The van der Waals surface area contributed by atoms with Crippen molar-refractivity contribution in [2.75, 3.05) is 4.42 Å². The van der Waals surface area contributed by atoms with Crippen molar-refractivity contribution in [3.63, 3.8) is 0 Å². The number of anilines is 1. The minimum Gasteiger partial charge on any atom is -0.479 e. The number of carboxylic acids is 1. The monoisotopic (exact) mass is 283 g/mol. The summed E-state index contributed by atoms with van der Waals surface area (Å²) >= 11 is 6.16. The minimum atomic E-state index is -1.36. The molecule has 4 nitrogen and oxygen atoms in total. The quantitative estimate of drug-likeness (QED) is 0.644. The maximum atomic E-state index is 11.5. The first-order chi connectivity index (χ1) is 8.93. The number of halogens is 1. The van der Waals surface area contributed by atoms with E-state index in [4.69, 9.17) is 16.9 Å². The number of carbonyl (C=O) groups is 2. The predicted molar refractivity (Wildman–Crippen MR) is 75.6 cm³/mol. The van der Waals surface area contributed by atoms with Crippen LogP contribution in [0.3, 0.4) is 0 Å². The number of para-hydroxylation sites is 1. The van der Waals surface area contributed by atoms with E-state index in [-0.39, 0.29) is 0 Å². The molecule has 1 rings (SSSR count). The van der Waals surface area contributed by atoms with E-state index in [2.05, 4.69) is 0 Å². The number of nitrogens with zero attached hydrogens (tertiary/aromatic N) is 1. The van der Waals surface area contributed by atoms with Crippen molar-refractivity contribution in [2.24, 2.45) is 0 Å². The lowest BCUT2D eigenvalue weighted by Crippen LogP contribution is -2.41. The molecule has 0 fully saturated rings. The van der Waals surface area contributed by atoms with Crippen LogP contribution in [0.5, 0.6) is 0 Å². The Labute approximate surface area is 118 Å². The van der Waals surface area contributed by atoms with Gasteiger partial charge in [-0.25, -0.2) is 4.79 Å². The smallest absolute Gasteiger partial charge is 0.335 e. The second-order valence-corrected chi connectivity index (χ2v) is 4.66. The zero-order valence-electron chi connectivity index (χ0n) is 11.3. The maximum Gasteiger partial charge on any atom is 0.335 e. The fourth-order valence-corrected chi connectivity index (χ4v) is 2.49. The SMILES string of the molecule is CCc1cccc(CC)c1N(Cl)C(C(C)=O)C(=O)O. The molecule has 19 heavy (non-hydrogen) atoms. The zero-order chi connectivity index (χ0) is 14.6. The van der Waals surface area contributed by atoms with Crippen molar-refractivity contribution >= 4 is 29.2 Å². The number of rotatable bonds is 6. The topological polar surface area (TPSA) is 57.6 Å². The van der Waals surface area contributed by atoms with Gasteiger partial charge in [0.25, 0.3) is 0 Å². The standard InChI is InChI=1S/C14H18ClNO3/c1-4-10-7-6-8-11(5-2)13(10)16(15)12(9(3)17)14(18)19/h6-8,12H,4-5H2,1-3H3,(H,18,19). The molecule has 0 saturated heterocycles. The predicted octanol–water partition coefficient (Wildman–Crippen LogP) is 2.81. The van der Waals surface area contributed by atoms with Crippen molar-refractivity contribution in [2.45, 2.75) is 39.7 Å². The Hall–Kier alpha value is -1.55. The largest absolute Gasteiger partial charge is 0.479 e. The second-order valence-electron chi connectivity index (χ2n) is 4.29. The fraction of sp³-hybridized carbons (Fsp3) is 0.429. The normalized spacial score (nSPS) is 12.0. The number of hydrogen-bond donors (Lipinski definition) is 1. The van der Waals surface area contributed by atoms with Crippen LogP contribution in [0.15, 0.2) is 18.2 Å². The molecule has 0 bridgehead atoms. The number of carboxylic acid groups (broad SMARTS) is 1. The first-order valence-electron chi connectivity index (χ1n) is 6.23. The third kappa shape index (κ3) is 3.26. The van der Waals surface area contributed by atoms with Gasteiger partial charge in [-0.15, -0.1) is 0 Å². The van der Waals surface area contributed by atoms with E-state index in [0.717, 1.165) is 28.4 Å². The van der Waals surface area contributed by atoms with Gasteiger partial charge in [0.15, 0.2) is 5.78 Å². The molecule has 0 aromatic heterocycles. The fourth-order valence-electron chi connectivity index (χ4n) is 2.05. The van der Waals surface area contributed by atoms with E-state index >= 15 is 0 Å². The lowest BCUT2D eigenvalue weighted by Gasteiger charge is -2.26. The average molecular weight is 284 g/mol. The molecule has 1 atom stereocenters. The van der Waals surface area contributed by atoms with Crippen molar-refractivity contribution in [3.8, 4) is 0 Å². The number of aryl methyl sites for hydroxylation is 2. The maximum absolute atomic E-state index is 11.5. The van der Waals surface area contributed by atoms with Crippen LogP contribution in [0.1, 0.15) is 31.9 Å². The molecule has 0 aliphatic carbocycles. The van der Waals surface area contributed by atoms with Crippen molar-refractivity contribution < 1.29 is 14.7 Å². The van der Waals surface area contributed by atoms with E-state index < -0.39 is 17.8 Å². The average Bonchev–Trinajstić information content (AvgIpc) is 2.36. The number of ketones is 1. The van der Waals surface area contributed by atoms with E-state index in [1.165, 1.54) is 6.92 Å². The summed E-state index contributed by atoms with van der Waals surface area (Å²) < 4.78 is 1.06. The number of carbonyl (C=O) groups excluding carboxylic acids is 1. The summed E-state index contributed by atoms with van der Waals surface area (Å²) in [5.41, 5.74) is 2.50. The highest BCUT2D eigenvalue weighted by molar-refractivity contribution is 6.31. The van der Waals surface area contributed by atoms with Gasteiger partial charge in [-0.1, -0.05) is 32.0 Å². The minimum absolute atomic E-state index is 0.490. The zero-order valence-corrected chi connectivity index (χ0v) is 12.1. The molecular weight excluding hydrogens is 266 g/mol. The highest BCUT2D eigenvalue weighted by Gasteiger charge is 2.31. The molecule has 0 spiro atoms. The third-order valence-electron chi connectivity index (χ3n) is 3.02. The van der Waals surface area contributed by atoms with E-state index in [9.17, 15) is 9.59 Å². The molecule has 5 heteroatoms. The Kier molecular flexibility index (Phi) is 5.36. The van der Waals surface area contributed by atoms with Gasteiger partial charge in [0.1, 0.15) is 0 Å². The van der Waals surface area contributed by atoms with Gasteiger partial charge in [0.2, 0.25) is 6.04 Å². The molecule has 104 valence electrons. The molecule has 0 aliphatic heterocycles. The number of Topliss-reactive ketones (excluding diaryl/α,β-unsaturated/α-hetero) is 1. The van der Waals surface area contributed by atoms with Crippen LogP contribution in [-0.4, -0.2) is 22.9 Å². The summed E-state index contributed by atoms with van der Waals surface area (Å²) in [7, 11) is 0. The van der Waals surface area contributed by atoms with Crippen molar-refractivity contribution in [1.82, 2.24) is 0 Å². The van der Waals surface area contributed by atoms with Crippen LogP contribution >= 0.6 is 11.8 Å². The van der Waals surface area contributed by atoms with Crippen LogP contribution < -0.4 is 4.42 Å². The van der Waals surface area contributed by atoms with E-state index in [0.29, 0.717) is 5.69 Å². The molecule has 0 saturated carbocycles. The first kappa shape index (κ1) is 15.5. The molecule has 1 aromatic carbocycles. The van der Waals surface area contributed by atoms with Gasteiger partial charge in [-0.2, -0.15) is 0 Å². The lowest BCUT2D eigenvalue weighted by molar-refractivity contribution is -0.141. The van der Waals surface area contributed by atoms with E-state index in [1.807, 2.05) is 32.0 Å². The highest BCUT2D eigenvalue weighted by atomic mass is 35.5. The van der Waals surface area contributed by atoms with Crippen LogP contribution in [0, 0.1) is 0 Å². The number of hydrogen-bond acceptors (Lipinski definition) is 3. The molecule has 1 aromatic rings. The van der Waals surface area contributed by atoms with Crippen molar-refractivity contribution in [1.29, 1.82) is 0 Å². The number of benzene rings is 1. The summed E-state index contributed by atoms with van der Waals surface area (Å²) in [6.45, 7) is 5.16. The Morgan fingerprint density at radius 1 is 1.26 bits per heavy atom. The van der Waals surface area contributed by atoms with Gasteiger partial charge in [-0.05, 0) is 30.9 Å². The van der Waals surface area contributed by atoms with Crippen LogP contribution in [0.25, 0.3) is 0 Å². The molecule has 1 N–H and O–H groups in total. The molecule has 1 unspecified atom stereocenters. The second kappa shape index (κ2) is 6.57. The van der Waals surface area contributed by atoms with Gasteiger partial charge in [0.05, 0.1) is 5.69 Å². The summed E-state index contributed by atoms with van der Waals surface area (Å²) in [6, 6.07) is 4.33. The molecule has 0 amide bonds. The van der Waals surface area contributed by atoms with Gasteiger partial charge in [0, 0.05) is 11.8 Å². The van der Waals surface area contributed by atoms with Crippen LogP contribution in [-0.2, 0) is 22.4 Å². The van der Waals surface area contributed by atoms with Gasteiger partial charge in [-0.3, -0.25) is 9.21 Å². The molecule has 0 radical (unpaired) electrons. The molecule has 0 heterocycles. The van der Waals surface area contributed by atoms with Gasteiger partial charge < -0.3 is 5.11 Å². The summed E-state index contributed by atoms with van der Waals surface area (Å²) in [5.74, 6) is -1.73. The van der Waals surface area contributed by atoms with Crippen LogP contribution in [0.4, 0.5) is 5.69 Å². The summed E-state index contributed by atoms with van der Waals surface area (Å²) in [6.07, 6.45) is 1.44. The number of aliphatic carboxylic acids is 1.